The normalized spacial score (nSPS) is 13.3. The molecule has 1 aliphatic heterocycles. The molecule has 1 N–H and O–H groups in total. The summed E-state index contributed by atoms with van der Waals surface area (Å²) in [5.41, 5.74) is 3.33. The second-order valence-electron chi connectivity index (χ2n) is 4.83. The summed E-state index contributed by atoms with van der Waals surface area (Å²) in [4.78, 5) is 15.4. The van der Waals surface area contributed by atoms with Crippen molar-refractivity contribution < 1.29 is 4.79 Å². The van der Waals surface area contributed by atoms with E-state index in [0.717, 1.165) is 18.7 Å². The Morgan fingerprint density at radius 1 is 1.32 bits per heavy atom. The van der Waals surface area contributed by atoms with Crippen LogP contribution < -0.4 is 5.32 Å². The summed E-state index contributed by atoms with van der Waals surface area (Å²) in [6.45, 7) is 2.45. The number of hydrogen-bond acceptors (Lipinski definition) is 3. The average molecular weight is 272 g/mol. The molecule has 0 unspecified atom stereocenters. The first-order chi connectivity index (χ1) is 9.24. The Labute approximate surface area is 116 Å². The number of carbonyl (C=O) groups is 1. The Kier molecular flexibility index (Phi) is 3.36. The van der Waals surface area contributed by atoms with Crippen molar-refractivity contribution in [3.8, 4) is 0 Å². The number of thiophene rings is 1. The van der Waals surface area contributed by atoms with Crippen LogP contribution in [0.4, 0.5) is 0 Å². The summed E-state index contributed by atoms with van der Waals surface area (Å²) in [5.74, 6) is 0.0862. The van der Waals surface area contributed by atoms with E-state index in [1.807, 2.05) is 30.6 Å². The Morgan fingerprint density at radius 3 is 2.95 bits per heavy atom. The van der Waals surface area contributed by atoms with E-state index in [0.29, 0.717) is 6.54 Å². The molecule has 19 heavy (non-hydrogen) atoms. The zero-order chi connectivity index (χ0) is 13.2. The number of hydrogen-bond donors (Lipinski definition) is 1. The predicted molar refractivity (Wildman–Crippen MR) is 77.1 cm³/mol. The fourth-order valence-corrected chi connectivity index (χ4v) is 3.11. The second-order valence-corrected chi connectivity index (χ2v) is 5.86. The Balaban J connectivity index is 1.76. The van der Waals surface area contributed by atoms with Crippen molar-refractivity contribution in [1.29, 1.82) is 0 Å². The molecule has 0 atom stereocenters. The summed E-state index contributed by atoms with van der Waals surface area (Å²) in [6.07, 6.45) is 0. The number of benzene rings is 1. The van der Waals surface area contributed by atoms with Crippen LogP contribution in [-0.2, 0) is 19.6 Å². The highest BCUT2D eigenvalue weighted by Crippen LogP contribution is 2.19. The second kappa shape index (κ2) is 5.15. The van der Waals surface area contributed by atoms with Crippen molar-refractivity contribution in [2.24, 2.45) is 0 Å². The van der Waals surface area contributed by atoms with Gasteiger partial charge >= 0.3 is 0 Å². The highest BCUT2D eigenvalue weighted by atomic mass is 32.1. The van der Waals surface area contributed by atoms with Gasteiger partial charge in [0.1, 0.15) is 0 Å². The maximum absolute atomic E-state index is 12.4. The lowest BCUT2D eigenvalue weighted by atomic mass is 10.1. The molecule has 1 aromatic carbocycles. The summed E-state index contributed by atoms with van der Waals surface area (Å²) in [7, 11) is 1.85. The number of nitrogens with zero attached hydrogens (tertiary/aromatic N) is 1. The van der Waals surface area contributed by atoms with Crippen molar-refractivity contribution in [2.75, 3.05) is 7.05 Å². The Bertz CT molecular complexity index is 592. The first kappa shape index (κ1) is 12.4. The Morgan fingerprint density at radius 2 is 2.16 bits per heavy atom. The van der Waals surface area contributed by atoms with Gasteiger partial charge < -0.3 is 10.2 Å². The smallest absolute Gasteiger partial charge is 0.253 e. The fourth-order valence-electron chi connectivity index (χ4n) is 2.36. The summed E-state index contributed by atoms with van der Waals surface area (Å²) in [5, 5.41) is 5.33. The SMILES string of the molecule is CN(Cc1cccs1)C(=O)c1ccc2c(c1)CNC2. The zero-order valence-corrected chi connectivity index (χ0v) is 11.7. The van der Waals surface area contributed by atoms with E-state index in [1.54, 1.807) is 16.2 Å². The third-order valence-electron chi connectivity index (χ3n) is 3.40. The van der Waals surface area contributed by atoms with Crippen LogP contribution in [0.1, 0.15) is 26.4 Å². The maximum Gasteiger partial charge on any atom is 0.253 e. The molecular weight excluding hydrogens is 256 g/mol. The van der Waals surface area contributed by atoms with Crippen molar-refractivity contribution in [2.45, 2.75) is 19.6 Å². The molecule has 3 rings (SSSR count). The standard InChI is InChI=1S/C15H16N2OS/c1-17(10-14-3-2-6-19-14)15(18)11-4-5-12-8-16-9-13(12)7-11/h2-7,16H,8-10H2,1H3. The highest BCUT2D eigenvalue weighted by Gasteiger charge is 2.16. The molecular formula is C15H16N2OS. The minimum absolute atomic E-state index is 0.0862. The minimum Gasteiger partial charge on any atom is -0.337 e. The Hall–Kier alpha value is -1.65. The van der Waals surface area contributed by atoms with Crippen LogP contribution in [0.25, 0.3) is 0 Å². The van der Waals surface area contributed by atoms with Gasteiger partial charge in [-0.15, -0.1) is 11.3 Å². The zero-order valence-electron chi connectivity index (χ0n) is 10.8. The molecule has 98 valence electrons. The van der Waals surface area contributed by atoms with E-state index in [9.17, 15) is 4.79 Å². The van der Waals surface area contributed by atoms with Gasteiger partial charge in [-0.1, -0.05) is 12.1 Å². The number of nitrogens with one attached hydrogen (secondary N) is 1. The summed E-state index contributed by atoms with van der Waals surface area (Å²) < 4.78 is 0. The monoisotopic (exact) mass is 272 g/mol. The quantitative estimate of drug-likeness (QED) is 0.931. The van der Waals surface area contributed by atoms with Gasteiger partial charge in [0.15, 0.2) is 0 Å². The van der Waals surface area contributed by atoms with Crippen LogP contribution in [0.5, 0.6) is 0 Å². The number of rotatable bonds is 3. The molecule has 2 aromatic rings. The van der Waals surface area contributed by atoms with Crippen molar-refractivity contribution in [3.63, 3.8) is 0 Å². The van der Waals surface area contributed by atoms with Crippen LogP contribution in [-0.4, -0.2) is 17.9 Å². The molecule has 0 saturated heterocycles. The molecule has 0 saturated carbocycles. The van der Waals surface area contributed by atoms with Crippen LogP contribution in [0.15, 0.2) is 35.7 Å². The van der Waals surface area contributed by atoms with Gasteiger partial charge in [-0.25, -0.2) is 0 Å². The van der Waals surface area contributed by atoms with E-state index in [-0.39, 0.29) is 5.91 Å². The van der Waals surface area contributed by atoms with Gasteiger partial charge in [0.05, 0.1) is 6.54 Å². The number of carbonyl (C=O) groups excluding carboxylic acids is 1. The molecule has 1 aromatic heterocycles. The largest absolute Gasteiger partial charge is 0.337 e. The van der Waals surface area contributed by atoms with Crippen molar-refractivity contribution in [3.05, 3.63) is 57.3 Å². The van der Waals surface area contributed by atoms with Gasteiger partial charge in [-0.2, -0.15) is 0 Å². The van der Waals surface area contributed by atoms with E-state index in [2.05, 4.69) is 17.4 Å². The molecule has 1 amide bonds. The van der Waals surface area contributed by atoms with Gasteiger partial charge in [-0.3, -0.25) is 4.79 Å². The molecule has 4 heteroatoms. The molecule has 0 aliphatic carbocycles. The highest BCUT2D eigenvalue weighted by molar-refractivity contribution is 7.09. The average Bonchev–Trinajstić information content (AvgIpc) is 3.07. The topological polar surface area (TPSA) is 32.3 Å². The van der Waals surface area contributed by atoms with Gasteiger partial charge in [0.2, 0.25) is 0 Å². The first-order valence-electron chi connectivity index (χ1n) is 6.34. The van der Waals surface area contributed by atoms with E-state index in [1.165, 1.54) is 16.0 Å². The minimum atomic E-state index is 0.0862. The van der Waals surface area contributed by atoms with Gasteiger partial charge in [-0.05, 0) is 34.7 Å². The molecule has 0 fully saturated rings. The van der Waals surface area contributed by atoms with Gasteiger partial charge in [0, 0.05) is 30.6 Å². The van der Waals surface area contributed by atoms with Crippen LogP contribution in [0.3, 0.4) is 0 Å². The molecule has 2 heterocycles. The lowest BCUT2D eigenvalue weighted by Gasteiger charge is -2.16. The number of fused-ring (bicyclic) bond motifs is 1. The van der Waals surface area contributed by atoms with E-state index < -0.39 is 0 Å². The maximum atomic E-state index is 12.4. The van der Waals surface area contributed by atoms with Crippen molar-refractivity contribution >= 4 is 17.2 Å². The van der Waals surface area contributed by atoms with E-state index in [4.69, 9.17) is 0 Å². The number of amides is 1. The third-order valence-corrected chi connectivity index (χ3v) is 4.27. The first-order valence-corrected chi connectivity index (χ1v) is 7.22. The van der Waals surface area contributed by atoms with E-state index >= 15 is 0 Å². The van der Waals surface area contributed by atoms with Crippen molar-refractivity contribution in [1.82, 2.24) is 10.2 Å². The fraction of sp³-hybridized carbons (Fsp3) is 0.267. The molecule has 3 nitrogen and oxygen atoms in total. The van der Waals surface area contributed by atoms with Crippen LogP contribution in [0.2, 0.25) is 0 Å². The summed E-state index contributed by atoms with van der Waals surface area (Å²) in [6, 6.07) is 10.1. The lowest BCUT2D eigenvalue weighted by molar-refractivity contribution is 0.0786. The van der Waals surface area contributed by atoms with Gasteiger partial charge in [0.25, 0.3) is 5.91 Å². The molecule has 0 spiro atoms. The predicted octanol–water partition coefficient (Wildman–Crippen LogP) is 2.62. The van der Waals surface area contributed by atoms with Crippen LogP contribution >= 0.6 is 11.3 Å². The van der Waals surface area contributed by atoms with Crippen LogP contribution in [0, 0.1) is 0 Å². The molecule has 0 bridgehead atoms. The summed E-state index contributed by atoms with van der Waals surface area (Å²) >= 11 is 1.68. The third kappa shape index (κ3) is 2.55. The molecule has 0 radical (unpaired) electrons. The lowest BCUT2D eigenvalue weighted by Crippen LogP contribution is -2.25. The molecule has 1 aliphatic rings.